The van der Waals surface area contributed by atoms with E-state index in [1.165, 1.54) is 0 Å². The number of aliphatic hydroxyl groups excluding tert-OH is 1. The average molecular weight is 211 g/mol. The molecule has 1 aromatic rings. The van der Waals surface area contributed by atoms with E-state index in [-0.39, 0.29) is 6.61 Å². The van der Waals surface area contributed by atoms with E-state index in [0.29, 0.717) is 25.0 Å². The molecule has 0 aliphatic rings. The summed E-state index contributed by atoms with van der Waals surface area (Å²) in [5.41, 5.74) is 0.844. The summed E-state index contributed by atoms with van der Waals surface area (Å²) in [5.74, 6) is 1.07. The summed E-state index contributed by atoms with van der Waals surface area (Å²) in [6.07, 6.45) is 0.947. The van der Waals surface area contributed by atoms with Gasteiger partial charge in [0.15, 0.2) is 0 Å². The van der Waals surface area contributed by atoms with Crippen molar-refractivity contribution in [3.05, 3.63) is 11.8 Å². The summed E-state index contributed by atoms with van der Waals surface area (Å²) < 4.78 is 5.40. The van der Waals surface area contributed by atoms with E-state index < -0.39 is 0 Å². The number of nitrogens with one attached hydrogen (secondary N) is 1. The summed E-state index contributed by atoms with van der Waals surface area (Å²) >= 11 is 0. The lowest BCUT2D eigenvalue weighted by Crippen LogP contribution is -2.10. The Hall–Kier alpha value is -1.36. The molecule has 0 aliphatic carbocycles. The fraction of sp³-hybridized carbons (Fsp3) is 0.600. The third-order valence-corrected chi connectivity index (χ3v) is 1.68. The maximum absolute atomic E-state index is 8.66. The van der Waals surface area contributed by atoms with E-state index in [2.05, 4.69) is 15.3 Å². The third-order valence-electron chi connectivity index (χ3n) is 1.68. The number of nitrogens with zero attached hydrogens (tertiary/aromatic N) is 2. The SMILES string of the molecule is CCCOc1cc(C)nc(NCCO)n1. The molecule has 0 saturated heterocycles. The van der Waals surface area contributed by atoms with Gasteiger partial charge in [-0.3, -0.25) is 0 Å². The molecule has 1 rings (SSSR count). The zero-order chi connectivity index (χ0) is 11.1. The predicted molar refractivity (Wildman–Crippen MR) is 58.1 cm³/mol. The van der Waals surface area contributed by atoms with Crippen molar-refractivity contribution in [1.82, 2.24) is 9.97 Å². The van der Waals surface area contributed by atoms with Crippen LogP contribution >= 0.6 is 0 Å². The van der Waals surface area contributed by atoms with Crippen LogP contribution in [-0.2, 0) is 0 Å². The first-order chi connectivity index (χ1) is 7.26. The summed E-state index contributed by atoms with van der Waals surface area (Å²) in [4.78, 5) is 8.32. The van der Waals surface area contributed by atoms with Crippen LogP contribution in [0.2, 0.25) is 0 Å². The van der Waals surface area contributed by atoms with E-state index in [1.807, 2.05) is 13.8 Å². The topological polar surface area (TPSA) is 67.3 Å². The number of aromatic nitrogens is 2. The molecule has 15 heavy (non-hydrogen) atoms. The number of aliphatic hydroxyl groups is 1. The summed E-state index contributed by atoms with van der Waals surface area (Å²) in [6, 6.07) is 1.79. The Kier molecular flexibility index (Phi) is 4.83. The molecule has 5 nitrogen and oxygen atoms in total. The lowest BCUT2D eigenvalue weighted by molar-refractivity contribution is 0.303. The fourth-order valence-electron chi connectivity index (χ4n) is 1.07. The van der Waals surface area contributed by atoms with E-state index in [1.54, 1.807) is 6.07 Å². The highest BCUT2D eigenvalue weighted by Crippen LogP contribution is 2.11. The quantitative estimate of drug-likeness (QED) is 0.734. The standard InChI is InChI=1S/C10H17N3O2/c1-3-6-15-9-7-8(2)12-10(13-9)11-4-5-14/h7,14H,3-6H2,1-2H3,(H,11,12,13). The third kappa shape index (κ3) is 4.12. The van der Waals surface area contributed by atoms with Crippen molar-refractivity contribution in [2.24, 2.45) is 0 Å². The molecule has 0 bridgehead atoms. The molecule has 1 aromatic heterocycles. The Morgan fingerprint density at radius 2 is 2.27 bits per heavy atom. The van der Waals surface area contributed by atoms with Crippen LogP contribution in [0.3, 0.4) is 0 Å². The summed E-state index contributed by atoms with van der Waals surface area (Å²) in [6.45, 7) is 5.07. The molecular weight excluding hydrogens is 194 g/mol. The Bertz CT molecular complexity index is 278. The minimum atomic E-state index is 0.0580. The van der Waals surface area contributed by atoms with E-state index in [0.717, 1.165) is 12.1 Å². The van der Waals surface area contributed by atoms with Crippen LogP contribution in [0.1, 0.15) is 19.0 Å². The number of hydrogen-bond acceptors (Lipinski definition) is 5. The van der Waals surface area contributed by atoms with Crippen LogP contribution in [0.25, 0.3) is 0 Å². The van der Waals surface area contributed by atoms with Crippen LogP contribution in [0.5, 0.6) is 5.88 Å². The lowest BCUT2D eigenvalue weighted by Gasteiger charge is -2.07. The van der Waals surface area contributed by atoms with Gasteiger partial charge in [-0.25, -0.2) is 4.98 Å². The van der Waals surface area contributed by atoms with Crippen LogP contribution in [0, 0.1) is 6.92 Å². The van der Waals surface area contributed by atoms with Crippen molar-refractivity contribution in [3.8, 4) is 5.88 Å². The van der Waals surface area contributed by atoms with Crippen LogP contribution in [-0.4, -0.2) is 34.8 Å². The summed E-state index contributed by atoms with van der Waals surface area (Å²) in [7, 11) is 0. The van der Waals surface area contributed by atoms with Gasteiger partial charge in [-0.2, -0.15) is 4.98 Å². The first kappa shape index (κ1) is 11.7. The molecule has 84 valence electrons. The van der Waals surface area contributed by atoms with E-state index in [9.17, 15) is 0 Å². The molecule has 0 aliphatic heterocycles. The number of hydrogen-bond donors (Lipinski definition) is 2. The van der Waals surface area contributed by atoms with Crippen molar-refractivity contribution >= 4 is 5.95 Å². The second kappa shape index (κ2) is 6.19. The van der Waals surface area contributed by atoms with Crippen molar-refractivity contribution in [3.63, 3.8) is 0 Å². The van der Waals surface area contributed by atoms with Crippen molar-refractivity contribution < 1.29 is 9.84 Å². The lowest BCUT2D eigenvalue weighted by atomic mass is 10.4. The second-order valence-electron chi connectivity index (χ2n) is 3.17. The van der Waals surface area contributed by atoms with Gasteiger partial charge in [-0.15, -0.1) is 0 Å². The number of anilines is 1. The monoisotopic (exact) mass is 211 g/mol. The average Bonchev–Trinajstić information content (AvgIpc) is 2.23. The number of ether oxygens (including phenoxy) is 1. The van der Waals surface area contributed by atoms with E-state index >= 15 is 0 Å². The molecule has 5 heteroatoms. The van der Waals surface area contributed by atoms with Gasteiger partial charge in [0.25, 0.3) is 0 Å². The molecule has 0 fully saturated rings. The van der Waals surface area contributed by atoms with Crippen molar-refractivity contribution in [2.45, 2.75) is 20.3 Å². The van der Waals surface area contributed by atoms with Gasteiger partial charge >= 0.3 is 0 Å². The van der Waals surface area contributed by atoms with Crippen molar-refractivity contribution in [2.75, 3.05) is 25.1 Å². The fourth-order valence-corrected chi connectivity index (χ4v) is 1.07. The van der Waals surface area contributed by atoms with Gasteiger partial charge in [0.2, 0.25) is 11.8 Å². The number of aryl methyl sites for hydroxylation is 1. The summed E-state index contributed by atoms with van der Waals surface area (Å²) in [5, 5.41) is 11.6. The minimum Gasteiger partial charge on any atom is -0.478 e. The Morgan fingerprint density at radius 3 is 2.93 bits per heavy atom. The molecular formula is C10H17N3O2. The van der Waals surface area contributed by atoms with Gasteiger partial charge < -0.3 is 15.2 Å². The van der Waals surface area contributed by atoms with Gasteiger partial charge in [0.05, 0.1) is 13.2 Å². The molecule has 0 aromatic carbocycles. The largest absolute Gasteiger partial charge is 0.478 e. The highest BCUT2D eigenvalue weighted by molar-refractivity contribution is 5.30. The molecule has 0 atom stereocenters. The molecule has 0 spiro atoms. The molecule has 2 N–H and O–H groups in total. The highest BCUT2D eigenvalue weighted by atomic mass is 16.5. The molecule has 0 unspecified atom stereocenters. The minimum absolute atomic E-state index is 0.0580. The van der Waals surface area contributed by atoms with Crippen LogP contribution in [0.15, 0.2) is 6.07 Å². The first-order valence-corrected chi connectivity index (χ1v) is 5.09. The smallest absolute Gasteiger partial charge is 0.226 e. The maximum Gasteiger partial charge on any atom is 0.226 e. The van der Waals surface area contributed by atoms with Crippen molar-refractivity contribution in [1.29, 1.82) is 0 Å². The highest BCUT2D eigenvalue weighted by Gasteiger charge is 2.01. The molecule has 0 radical (unpaired) electrons. The van der Waals surface area contributed by atoms with Crippen LogP contribution in [0.4, 0.5) is 5.95 Å². The molecule has 1 heterocycles. The first-order valence-electron chi connectivity index (χ1n) is 5.09. The Labute approximate surface area is 89.5 Å². The molecule has 0 amide bonds. The normalized spacial score (nSPS) is 10.1. The zero-order valence-corrected chi connectivity index (χ0v) is 9.16. The van der Waals surface area contributed by atoms with E-state index in [4.69, 9.17) is 9.84 Å². The molecule has 0 saturated carbocycles. The Balaban J connectivity index is 2.66. The zero-order valence-electron chi connectivity index (χ0n) is 9.16. The second-order valence-corrected chi connectivity index (χ2v) is 3.17. The van der Waals surface area contributed by atoms with Gasteiger partial charge in [-0.1, -0.05) is 6.92 Å². The maximum atomic E-state index is 8.66. The van der Waals surface area contributed by atoms with Gasteiger partial charge in [0, 0.05) is 18.3 Å². The van der Waals surface area contributed by atoms with Gasteiger partial charge in [0.1, 0.15) is 0 Å². The Morgan fingerprint density at radius 1 is 1.47 bits per heavy atom. The van der Waals surface area contributed by atoms with Crippen LogP contribution < -0.4 is 10.1 Å². The number of rotatable bonds is 6. The predicted octanol–water partition coefficient (Wildman–Crippen LogP) is 0.978. The van der Waals surface area contributed by atoms with Gasteiger partial charge in [-0.05, 0) is 13.3 Å².